The predicted molar refractivity (Wildman–Crippen MR) is 129 cm³/mol. The summed E-state index contributed by atoms with van der Waals surface area (Å²) in [5.41, 5.74) is 2.47. The summed E-state index contributed by atoms with van der Waals surface area (Å²) in [5, 5.41) is 7.04. The van der Waals surface area contributed by atoms with Crippen molar-refractivity contribution in [2.75, 3.05) is 32.5 Å². The minimum Gasteiger partial charge on any atom is -0.373 e. The fourth-order valence-corrected chi connectivity index (χ4v) is 6.48. The topological polar surface area (TPSA) is 73.4 Å². The fraction of sp³-hybridized carbons (Fsp3) is 0.800. The van der Waals surface area contributed by atoms with Crippen LogP contribution in [0.4, 0.5) is 5.82 Å². The van der Waals surface area contributed by atoms with Crippen LogP contribution >= 0.6 is 0 Å². The predicted octanol–water partition coefficient (Wildman–Crippen LogP) is 3.51. The molecule has 7 heteroatoms. The Kier molecular flexibility index (Phi) is 6.52. The van der Waals surface area contributed by atoms with Gasteiger partial charge < -0.3 is 20.4 Å². The van der Waals surface area contributed by atoms with E-state index in [9.17, 15) is 4.79 Å². The van der Waals surface area contributed by atoms with Gasteiger partial charge in [0.1, 0.15) is 5.82 Å². The average molecular weight is 443 g/mol. The van der Waals surface area contributed by atoms with Gasteiger partial charge in [0.15, 0.2) is 5.82 Å². The van der Waals surface area contributed by atoms with Gasteiger partial charge in [0.05, 0.1) is 11.7 Å². The van der Waals surface area contributed by atoms with Gasteiger partial charge in [-0.25, -0.2) is 9.97 Å². The highest BCUT2D eigenvalue weighted by Gasteiger charge is 2.40. The smallest absolute Gasteiger partial charge is 0.223 e. The second-order valence-corrected chi connectivity index (χ2v) is 11.6. The van der Waals surface area contributed by atoms with Crippen LogP contribution in [-0.4, -0.2) is 63.9 Å². The number of likely N-dealkylation sites (tertiary alicyclic amines) is 1. The molecule has 0 radical (unpaired) electrons. The summed E-state index contributed by atoms with van der Waals surface area (Å²) < 4.78 is 0. The largest absolute Gasteiger partial charge is 0.373 e. The molecule has 1 aromatic heterocycles. The maximum Gasteiger partial charge on any atom is 0.223 e. The van der Waals surface area contributed by atoms with E-state index in [0.29, 0.717) is 12.3 Å². The van der Waals surface area contributed by atoms with E-state index in [0.717, 1.165) is 75.5 Å². The second kappa shape index (κ2) is 8.90. The molecule has 2 fully saturated rings. The highest BCUT2D eigenvalue weighted by molar-refractivity contribution is 5.77. The number of anilines is 1. The van der Waals surface area contributed by atoms with Crippen molar-refractivity contribution in [1.82, 2.24) is 25.1 Å². The summed E-state index contributed by atoms with van der Waals surface area (Å²) in [6, 6.07) is -0.0105. The van der Waals surface area contributed by atoms with Crippen LogP contribution in [-0.2, 0) is 17.8 Å². The number of carbonyl (C=O) groups excluding carboxylic acids is 1. The third-order valence-corrected chi connectivity index (χ3v) is 7.37. The number of fused-ring (bicyclic) bond motifs is 1. The van der Waals surface area contributed by atoms with Crippen LogP contribution in [0.2, 0.25) is 0 Å². The van der Waals surface area contributed by atoms with E-state index in [1.54, 1.807) is 0 Å². The summed E-state index contributed by atoms with van der Waals surface area (Å²) in [6.07, 6.45) is 6.80. The SMILES string of the molecule is CNc1nc([C@H]2CCCCN2C(=O)CC2CC(C)(C)NC(C)(C)C2)nc2c1CCN(C)C2. The Morgan fingerprint density at radius 2 is 1.84 bits per heavy atom. The number of piperidine rings is 2. The van der Waals surface area contributed by atoms with Crippen molar-refractivity contribution in [3.05, 3.63) is 17.1 Å². The lowest BCUT2D eigenvalue weighted by atomic mass is 9.74. The molecule has 3 aliphatic heterocycles. The molecule has 2 saturated heterocycles. The van der Waals surface area contributed by atoms with E-state index in [4.69, 9.17) is 9.97 Å². The number of likely N-dealkylation sites (N-methyl/N-ethyl adjacent to an activating group) is 1. The Bertz CT molecular complexity index is 835. The van der Waals surface area contributed by atoms with Crippen LogP contribution in [0.25, 0.3) is 0 Å². The zero-order valence-corrected chi connectivity index (χ0v) is 20.9. The van der Waals surface area contributed by atoms with Crippen LogP contribution in [0.15, 0.2) is 0 Å². The van der Waals surface area contributed by atoms with Crippen LogP contribution < -0.4 is 10.6 Å². The molecule has 1 atom stereocenters. The molecule has 0 unspecified atom stereocenters. The zero-order valence-electron chi connectivity index (χ0n) is 20.9. The summed E-state index contributed by atoms with van der Waals surface area (Å²) in [7, 11) is 4.08. The molecule has 0 saturated carbocycles. The van der Waals surface area contributed by atoms with E-state index < -0.39 is 0 Å². The molecule has 3 aliphatic rings. The van der Waals surface area contributed by atoms with Crippen LogP contribution in [0.3, 0.4) is 0 Å². The molecule has 0 spiro atoms. The normalized spacial score (nSPS) is 25.9. The van der Waals surface area contributed by atoms with Gasteiger partial charge in [-0.05, 0) is 79.2 Å². The lowest BCUT2D eigenvalue weighted by Crippen LogP contribution is -2.58. The van der Waals surface area contributed by atoms with Gasteiger partial charge in [-0.1, -0.05) is 0 Å². The number of amides is 1. The van der Waals surface area contributed by atoms with Gasteiger partial charge in [0, 0.05) is 49.7 Å². The monoisotopic (exact) mass is 442 g/mol. The second-order valence-electron chi connectivity index (χ2n) is 11.6. The Morgan fingerprint density at radius 1 is 1.12 bits per heavy atom. The van der Waals surface area contributed by atoms with E-state index in [2.05, 4.69) is 55.2 Å². The highest BCUT2D eigenvalue weighted by Crippen LogP contribution is 2.37. The minimum atomic E-state index is -0.0105. The minimum absolute atomic E-state index is 0.0105. The van der Waals surface area contributed by atoms with Crippen molar-refractivity contribution >= 4 is 11.7 Å². The van der Waals surface area contributed by atoms with Crippen molar-refractivity contribution in [2.24, 2.45) is 5.92 Å². The number of hydrogen-bond acceptors (Lipinski definition) is 6. The molecular formula is C25H42N6O. The first-order valence-corrected chi connectivity index (χ1v) is 12.4. The molecule has 0 aromatic carbocycles. The Morgan fingerprint density at radius 3 is 2.53 bits per heavy atom. The molecule has 4 heterocycles. The van der Waals surface area contributed by atoms with Crippen molar-refractivity contribution in [3.8, 4) is 0 Å². The number of nitrogens with zero attached hydrogens (tertiary/aromatic N) is 4. The molecule has 178 valence electrons. The lowest BCUT2D eigenvalue weighted by molar-refractivity contribution is -0.137. The quantitative estimate of drug-likeness (QED) is 0.743. The van der Waals surface area contributed by atoms with E-state index >= 15 is 0 Å². The van der Waals surface area contributed by atoms with Crippen molar-refractivity contribution in [1.29, 1.82) is 0 Å². The molecule has 2 N–H and O–H groups in total. The first-order valence-electron chi connectivity index (χ1n) is 12.4. The highest BCUT2D eigenvalue weighted by atomic mass is 16.2. The zero-order chi connectivity index (χ0) is 23.1. The van der Waals surface area contributed by atoms with E-state index in [1.807, 2.05) is 7.05 Å². The number of carbonyl (C=O) groups is 1. The maximum atomic E-state index is 13.6. The number of hydrogen-bond donors (Lipinski definition) is 2. The first kappa shape index (κ1) is 23.4. The van der Waals surface area contributed by atoms with Crippen LogP contribution in [0.1, 0.15) is 89.3 Å². The molecule has 32 heavy (non-hydrogen) atoms. The molecule has 4 rings (SSSR count). The van der Waals surface area contributed by atoms with Crippen molar-refractivity contribution < 1.29 is 4.79 Å². The molecule has 0 aliphatic carbocycles. The first-order chi connectivity index (χ1) is 15.1. The van der Waals surface area contributed by atoms with Crippen LogP contribution in [0, 0.1) is 5.92 Å². The van der Waals surface area contributed by atoms with Gasteiger partial charge in [-0.15, -0.1) is 0 Å². The Labute approximate surface area is 193 Å². The number of aromatic nitrogens is 2. The Balaban J connectivity index is 1.56. The van der Waals surface area contributed by atoms with Gasteiger partial charge in [-0.2, -0.15) is 0 Å². The molecule has 1 amide bonds. The molecule has 1 aromatic rings. The third-order valence-electron chi connectivity index (χ3n) is 7.37. The lowest BCUT2D eigenvalue weighted by Gasteiger charge is -2.47. The van der Waals surface area contributed by atoms with E-state index in [-0.39, 0.29) is 23.0 Å². The summed E-state index contributed by atoms with van der Waals surface area (Å²) in [4.78, 5) is 28.0. The van der Waals surface area contributed by atoms with Gasteiger partial charge in [0.25, 0.3) is 0 Å². The number of nitrogens with one attached hydrogen (secondary N) is 2. The van der Waals surface area contributed by atoms with Gasteiger partial charge in [-0.3, -0.25) is 4.79 Å². The standard InChI is InChI=1S/C25H42N6O/c1-24(2)14-17(15-25(3,4)29-24)13-21(32)31-11-8-7-9-20(31)23-27-19-16-30(6)12-10-18(19)22(26-5)28-23/h17,20,29H,7-16H2,1-6H3,(H,26,27,28)/t20-/m1/s1. The summed E-state index contributed by atoms with van der Waals surface area (Å²) >= 11 is 0. The number of rotatable bonds is 4. The molecular weight excluding hydrogens is 400 g/mol. The molecule has 7 nitrogen and oxygen atoms in total. The van der Waals surface area contributed by atoms with Crippen molar-refractivity contribution in [3.63, 3.8) is 0 Å². The van der Waals surface area contributed by atoms with Gasteiger partial charge in [0.2, 0.25) is 5.91 Å². The Hall–Kier alpha value is -1.73. The summed E-state index contributed by atoms with van der Waals surface area (Å²) in [6.45, 7) is 11.7. The van der Waals surface area contributed by atoms with Gasteiger partial charge >= 0.3 is 0 Å². The average Bonchev–Trinajstić information content (AvgIpc) is 2.70. The maximum absolute atomic E-state index is 13.6. The molecule has 0 bridgehead atoms. The fourth-order valence-electron chi connectivity index (χ4n) is 6.48. The van der Waals surface area contributed by atoms with Crippen LogP contribution in [0.5, 0.6) is 0 Å². The van der Waals surface area contributed by atoms with E-state index in [1.165, 1.54) is 5.56 Å². The third kappa shape index (κ3) is 5.09. The summed E-state index contributed by atoms with van der Waals surface area (Å²) in [5.74, 6) is 2.44. The van der Waals surface area contributed by atoms with Crippen molar-refractivity contribution in [2.45, 2.75) is 96.3 Å².